The van der Waals surface area contributed by atoms with Crippen LogP contribution in [0.4, 0.5) is 43.4 Å². The molecule has 0 spiro atoms. The van der Waals surface area contributed by atoms with Crippen LogP contribution < -0.4 is 22.1 Å². The maximum atomic E-state index is 14.6. The summed E-state index contributed by atoms with van der Waals surface area (Å²) < 4.78 is 87.5. The Hall–Kier alpha value is -5.40. The van der Waals surface area contributed by atoms with Crippen LogP contribution in [0.3, 0.4) is 0 Å². The lowest BCUT2D eigenvalue weighted by molar-refractivity contribution is -0.289. The summed E-state index contributed by atoms with van der Waals surface area (Å²) in [5, 5.41) is 24.8. The normalized spacial score (nSPS) is 12.9. The Morgan fingerprint density at radius 1 is 0.795 bits per heavy atom. The zero-order chi connectivity index (χ0) is 33.0. The minimum atomic E-state index is -6.01. The first kappa shape index (κ1) is 33.1. The minimum absolute atomic E-state index is 0.0395. The second kappa shape index (κ2) is 12.5. The third-order valence-corrected chi connectivity index (χ3v) is 6.53. The Morgan fingerprint density at radius 2 is 1.27 bits per heavy atom. The highest BCUT2D eigenvalue weighted by Gasteiger charge is 2.72. The maximum absolute atomic E-state index is 14.6. The van der Waals surface area contributed by atoms with Gasteiger partial charge >= 0.3 is 12.4 Å². The molecule has 0 aliphatic heterocycles. The van der Waals surface area contributed by atoms with Gasteiger partial charge in [-0.3, -0.25) is 9.59 Å². The number of carbonyl (C=O) groups excluding carboxylic acids is 2. The van der Waals surface area contributed by atoms with E-state index in [9.17, 15) is 46.1 Å². The molecule has 0 heterocycles. The third-order valence-electron chi connectivity index (χ3n) is 6.53. The summed E-state index contributed by atoms with van der Waals surface area (Å²) >= 11 is 0. The number of alkyl halides is 6. The number of aromatic hydroxyl groups is 1. The number of nitrogens with one attached hydrogen (secondary N) is 2. The van der Waals surface area contributed by atoms with Crippen molar-refractivity contribution in [2.75, 3.05) is 16.8 Å². The molecule has 8 nitrogen and oxygen atoms in total. The third kappa shape index (κ3) is 6.80. The molecule has 14 heteroatoms. The van der Waals surface area contributed by atoms with E-state index in [1.54, 1.807) is 0 Å². The van der Waals surface area contributed by atoms with Crippen molar-refractivity contribution >= 4 is 28.9 Å². The van der Waals surface area contributed by atoms with Crippen molar-refractivity contribution in [3.05, 3.63) is 119 Å². The molecule has 8 N–H and O–H groups in total. The lowest BCUT2D eigenvalue weighted by Gasteiger charge is -2.39. The molecular formula is C30H26F6N4O4. The van der Waals surface area contributed by atoms with Gasteiger partial charge < -0.3 is 32.3 Å². The molecule has 232 valence electrons. The van der Waals surface area contributed by atoms with Crippen LogP contribution in [0.15, 0.2) is 102 Å². The predicted octanol–water partition coefficient (Wildman–Crippen LogP) is 6.50. The number of hydrogen-bond donors (Lipinski definition) is 6. The molecule has 0 aliphatic rings. The molecule has 0 fully saturated rings. The van der Waals surface area contributed by atoms with Crippen LogP contribution in [0.2, 0.25) is 0 Å². The number of allylic oxidation sites excluding steroid dienone is 3. The summed E-state index contributed by atoms with van der Waals surface area (Å²) in [6.07, 6.45) is -11.1. The lowest BCUT2D eigenvalue weighted by atomic mass is 9.72. The molecule has 3 rings (SSSR count). The van der Waals surface area contributed by atoms with Gasteiger partial charge in [-0.25, -0.2) is 0 Å². The van der Waals surface area contributed by atoms with Gasteiger partial charge in [0.15, 0.2) is 0 Å². The van der Waals surface area contributed by atoms with Crippen molar-refractivity contribution in [1.82, 2.24) is 5.32 Å². The number of aliphatic hydroxyl groups excluding tert-OH is 1. The lowest BCUT2D eigenvalue weighted by Crippen LogP contribution is -2.54. The molecule has 0 bridgehead atoms. The first-order valence-electron chi connectivity index (χ1n) is 12.5. The van der Waals surface area contributed by atoms with Crippen LogP contribution in [0.25, 0.3) is 0 Å². The van der Waals surface area contributed by atoms with Gasteiger partial charge in [-0.15, -0.1) is 0 Å². The minimum Gasteiger partial charge on any atom is -0.506 e. The number of rotatable bonds is 8. The van der Waals surface area contributed by atoms with Gasteiger partial charge in [0.1, 0.15) is 11.5 Å². The Balaban J connectivity index is 2.03. The van der Waals surface area contributed by atoms with Crippen LogP contribution in [0.5, 0.6) is 5.75 Å². The topological polar surface area (TPSA) is 151 Å². The zero-order valence-corrected chi connectivity index (χ0v) is 22.8. The van der Waals surface area contributed by atoms with Crippen molar-refractivity contribution in [3.8, 4) is 5.75 Å². The molecular weight excluding hydrogens is 594 g/mol. The molecule has 0 aromatic heterocycles. The number of phenolic OH excluding ortho intramolecular Hbond substituents is 1. The maximum Gasteiger partial charge on any atom is 0.410 e. The van der Waals surface area contributed by atoms with Crippen LogP contribution in [0, 0.1) is 0 Å². The van der Waals surface area contributed by atoms with Crippen molar-refractivity contribution in [1.29, 1.82) is 0 Å². The van der Waals surface area contributed by atoms with E-state index in [2.05, 4.69) is 17.2 Å². The van der Waals surface area contributed by atoms with Crippen LogP contribution in [-0.2, 0) is 5.41 Å². The van der Waals surface area contributed by atoms with Gasteiger partial charge in [0.2, 0.25) is 5.41 Å². The van der Waals surface area contributed by atoms with Crippen molar-refractivity contribution < 1.29 is 46.1 Å². The predicted molar refractivity (Wildman–Crippen MR) is 153 cm³/mol. The molecule has 2 amide bonds. The van der Waals surface area contributed by atoms with E-state index >= 15 is 0 Å². The largest absolute Gasteiger partial charge is 0.506 e. The van der Waals surface area contributed by atoms with Crippen molar-refractivity contribution in [3.63, 3.8) is 0 Å². The Morgan fingerprint density at radius 3 is 1.75 bits per heavy atom. The second-order valence-corrected chi connectivity index (χ2v) is 9.51. The Kier molecular flexibility index (Phi) is 9.37. The molecule has 3 aromatic rings. The summed E-state index contributed by atoms with van der Waals surface area (Å²) in [4.78, 5) is 24.9. The first-order chi connectivity index (χ1) is 20.4. The number of anilines is 3. The van der Waals surface area contributed by atoms with E-state index in [1.165, 1.54) is 48.5 Å². The summed E-state index contributed by atoms with van der Waals surface area (Å²) in [5.41, 5.74) is 3.15. The Labute approximate surface area is 247 Å². The molecule has 0 saturated heterocycles. The summed E-state index contributed by atoms with van der Waals surface area (Å²) in [6, 6.07) is 12.1. The fraction of sp³-hybridized carbons (Fsp3) is 0.133. The summed E-state index contributed by atoms with van der Waals surface area (Å²) in [6.45, 7) is 3.93. The van der Waals surface area contributed by atoms with E-state index in [-0.39, 0.29) is 11.1 Å². The van der Waals surface area contributed by atoms with Gasteiger partial charge in [0.05, 0.1) is 11.4 Å². The number of nitrogens with two attached hydrogens (primary N) is 2. The molecule has 0 saturated carbocycles. The highest BCUT2D eigenvalue weighted by Crippen LogP contribution is 2.57. The second-order valence-electron chi connectivity index (χ2n) is 9.51. The first-order valence-corrected chi connectivity index (χ1v) is 12.5. The van der Waals surface area contributed by atoms with Crippen LogP contribution in [-0.4, -0.2) is 34.4 Å². The number of amides is 2. The number of benzene rings is 3. The van der Waals surface area contributed by atoms with Gasteiger partial charge in [-0.2, -0.15) is 26.3 Å². The van der Waals surface area contributed by atoms with Crippen LogP contribution >= 0.6 is 0 Å². The average Bonchev–Trinajstić information content (AvgIpc) is 2.92. The fourth-order valence-corrected chi connectivity index (χ4v) is 4.20. The van der Waals surface area contributed by atoms with E-state index in [4.69, 9.17) is 11.5 Å². The van der Waals surface area contributed by atoms with Crippen LogP contribution in [0.1, 0.15) is 33.2 Å². The van der Waals surface area contributed by atoms with Gasteiger partial charge in [-0.1, -0.05) is 18.7 Å². The SMILES string of the molecule is C=C(NC(=O)c1ccc(N)cc1)/C(O)=C\C=C(/C)C(c1ccc(O)c(NC(=O)c2ccc(N)cc2)c1)(C(F)(F)F)C(F)(F)F. The van der Waals surface area contributed by atoms with Gasteiger partial charge in [0.25, 0.3) is 11.8 Å². The quantitative estimate of drug-likeness (QED) is 0.0556. The van der Waals surface area contributed by atoms with Crippen molar-refractivity contribution in [2.24, 2.45) is 0 Å². The highest BCUT2D eigenvalue weighted by molar-refractivity contribution is 6.05. The molecule has 0 atom stereocenters. The van der Waals surface area contributed by atoms with E-state index in [0.29, 0.717) is 48.6 Å². The highest BCUT2D eigenvalue weighted by atomic mass is 19.4. The number of phenols is 1. The van der Waals surface area contributed by atoms with E-state index < -0.39 is 63.6 Å². The smallest absolute Gasteiger partial charge is 0.410 e. The fourth-order valence-electron chi connectivity index (χ4n) is 4.20. The standard InChI is InChI=1S/C30H26F6N4O4/c1-16(3-13-24(41)17(2)39-26(43)18-4-9-21(37)10-5-18)28(29(31,32)33,30(34,35)36)20-8-14-25(42)23(15-20)40-27(44)19-6-11-22(38)12-7-19/h3-15,41-42H,2,37-38H2,1H3,(H,39,43)(H,40,44)/b16-3+,24-13+. The molecule has 44 heavy (non-hydrogen) atoms. The Bertz CT molecular complexity index is 1610. The zero-order valence-electron chi connectivity index (χ0n) is 22.8. The molecule has 3 aromatic carbocycles. The number of carbonyl (C=O) groups is 2. The monoisotopic (exact) mass is 620 g/mol. The number of aliphatic hydroxyl groups is 1. The number of halogens is 6. The number of nitrogen functional groups attached to an aromatic ring is 2. The molecule has 0 radical (unpaired) electrons. The van der Waals surface area contributed by atoms with Crippen molar-refractivity contribution in [2.45, 2.75) is 24.7 Å². The van der Waals surface area contributed by atoms with E-state index in [0.717, 1.165) is 0 Å². The summed E-state index contributed by atoms with van der Waals surface area (Å²) in [7, 11) is 0. The van der Waals surface area contributed by atoms with E-state index in [1.807, 2.05) is 0 Å². The molecule has 0 aliphatic carbocycles. The van der Waals surface area contributed by atoms with Gasteiger partial charge in [0, 0.05) is 22.5 Å². The average molecular weight is 621 g/mol. The summed E-state index contributed by atoms with van der Waals surface area (Å²) in [5.74, 6) is -3.47. The number of hydrogen-bond acceptors (Lipinski definition) is 6. The van der Waals surface area contributed by atoms with Gasteiger partial charge in [-0.05, 0) is 84.8 Å². The molecule has 0 unspecified atom stereocenters.